The van der Waals surface area contributed by atoms with Gasteiger partial charge in [-0.05, 0) is 19.3 Å². The third-order valence-corrected chi connectivity index (χ3v) is 2.89. The second-order valence-electron chi connectivity index (χ2n) is 4.50. The molecule has 0 fully saturated rings. The van der Waals surface area contributed by atoms with E-state index in [-0.39, 0.29) is 29.5 Å². The summed E-state index contributed by atoms with van der Waals surface area (Å²) in [4.78, 5) is 11.8. The van der Waals surface area contributed by atoms with Gasteiger partial charge in [-0.25, -0.2) is 0 Å². The van der Waals surface area contributed by atoms with Crippen molar-refractivity contribution in [2.24, 2.45) is 5.92 Å². The molecule has 104 valence electrons. The number of carbonyl (C=O) groups excluding carboxylic acids is 1. The SMILES string of the molecule is CCCCOC(=O)C(CCCC)CCCC.[GeH4]. The van der Waals surface area contributed by atoms with E-state index in [2.05, 4.69) is 20.8 Å². The summed E-state index contributed by atoms with van der Waals surface area (Å²) in [5.74, 6) is 0.187. The van der Waals surface area contributed by atoms with E-state index in [0.717, 1.165) is 51.4 Å². The summed E-state index contributed by atoms with van der Waals surface area (Å²) in [6.07, 6.45) is 8.66. The number of rotatable bonds is 10. The van der Waals surface area contributed by atoms with E-state index in [9.17, 15) is 4.79 Å². The van der Waals surface area contributed by atoms with Gasteiger partial charge in [-0.3, -0.25) is 4.79 Å². The van der Waals surface area contributed by atoms with Gasteiger partial charge in [0.1, 0.15) is 0 Å². The second-order valence-corrected chi connectivity index (χ2v) is 4.50. The van der Waals surface area contributed by atoms with Crippen LogP contribution in [-0.4, -0.2) is 30.2 Å². The monoisotopic (exact) mass is 306 g/mol. The third kappa shape index (κ3) is 10.9. The minimum atomic E-state index is 0. The van der Waals surface area contributed by atoms with Crippen molar-refractivity contribution in [1.29, 1.82) is 0 Å². The topological polar surface area (TPSA) is 26.3 Å². The molecule has 0 aromatic heterocycles. The number of hydrogen-bond donors (Lipinski definition) is 0. The zero-order chi connectivity index (χ0) is 12.2. The van der Waals surface area contributed by atoms with Crippen LogP contribution in [0.4, 0.5) is 0 Å². The van der Waals surface area contributed by atoms with Crippen molar-refractivity contribution in [3.05, 3.63) is 0 Å². The summed E-state index contributed by atoms with van der Waals surface area (Å²) in [5, 5.41) is 0. The molecule has 0 spiro atoms. The van der Waals surface area contributed by atoms with E-state index in [1.54, 1.807) is 0 Å². The predicted molar refractivity (Wildman–Crippen MR) is 79.7 cm³/mol. The molecule has 0 saturated heterocycles. The van der Waals surface area contributed by atoms with Crippen molar-refractivity contribution in [2.45, 2.75) is 72.1 Å². The molecule has 0 amide bonds. The molecule has 17 heavy (non-hydrogen) atoms. The molecule has 0 aliphatic carbocycles. The quantitative estimate of drug-likeness (QED) is 0.352. The van der Waals surface area contributed by atoms with Crippen molar-refractivity contribution in [1.82, 2.24) is 0 Å². The molecule has 0 bridgehead atoms. The van der Waals surface area contributed by atoms with Crippen LogP contribution >= 0.6 is 0 Å². The maximum absolute atomic E-state index is 11.8. The first-order valence-electron chi connectivity index (χ1n) is 6.92. The van der Waals surface area contributed by atoms with E-state index in [4.69, 9.17) is 4.74 Å². The first-order valence-corrected chi connectivity index (χ1v) is 6.92. The van der Waals surface area contributed by atoms with Crippen molar-refractivity contribution >= 4 is 23.6 Å². The third-order valence-electron chi connectivity index (χ3n) is 2.89. The Morgan fingerprint density at radius 2 is 1.41 bits per heavy atom. The van der Waals surface area contributed by atoms with E-state index >= 15 is 0 Å². The summed E-state index contributed by atoms with van der Waals surface area (Å²) in [5.41, 5.74) is 0. The van der Waals surface area contributed by atoms with E-state index in [0.29, 0.717) is 6.61 Å². The van der Waals surface area contributed by atoms with Crippen LogP contribution in [0, 0.1) is 5.92 Å². The summed E-state index contributed by atoms with van der Waals surface area (Å²) in [7, 11) is 0. The summed E-state index contributed by atoms with van der Waals surface area (Å²) < 4.78 is 5.30. The average molecular weight is 305 g/mol. The van der Waals surface area contributed by atoms with Crippen LogP contribution in [0.15, 0.2) is 0 Å². The molecule has 0 heterocycles. The van der Waals surface area contributed by atoms with Crippen LogP contribution < -0.4 is 0 Å². The Labute approximate surface area is 118 Å². The van der Waals surface area contributed by atoms with E-state index in [1.165, 1.54) is 0 Å². The maximum atomic E-state index is 11.8. The molecule has 3 heteroatoms. The summed E-state index contributed by atoms with van der Waals surface area (Å²) in [6, 6.07) is 0. The normalized spacial score (nSPS) is 10.1. The van der Waals surface area contributed by atoms with Gasteiger partial charge in [-0.2, -0.15) is 0 Å². The van der Waals surface area contributed by atoms with Gasteiger partial charge >= 0.3 is 23.6 Å². The number of carbonyl (C=O) groups is 1. The average Bonchev–Trinajstić information content (AvgIpc) is 2.29. The Balaban J connectivity index is 0. The Morgan fingerprint density at radius 3 is 1.82 bits per heavy atom. The van der Waals surface area contributed by atoms with Crippen LogP contribution in [0.25, 0.3) is 0 Å². The Kier molecular flexibility index (Phi) is 16.0. The Hall–Kier alpha value is 0.0129. The number of ether oxygens (including phenoxy) is 1. The molecular weight excluding hydrogens is 273 g/mol. The van der Waals surface area contributed by atoms with E-state index in [1.807, 2.05) is 0 Å². The van der Waals surface area contributed by atoms with Crippen LogP contribution in [0.3, 0.4) is 0 Å². The zero-order valence-electron chi connectivity index (χ0n) is 11.3. The number of unbranched alkanes of at least 4 members (excludes halogenated alkanes) is 3. The molecule has 0 aliphatic heterocycles. The van der Waals surface area contributed by atoms with E-state index < -0.39 is 0 Å². The fraction of sp³-hybridized carbons (Fsp3) is 0.929. The van der Waals surface area contributed by atoms with Crippen molar-refractivity contribution in [3.63, 3.8) is 0 Å². The molecule has 0 aromatic carbocycles. The van der Waals surface area contributed by atoms with Crippen LogP contribution in [0.1, 0.15) is 72.1 Å². The Morgan fingerprint density at radius 1 is 0.941 bits per heavy atom. The molecular formula is C14H32GeO2. The number of esters is 1. The molecule has 0 aromatic rings. The van der Waals surface area contributed by atoms with Gasteiger partial charge < -0.3 is 4.74 Å². The van der Waals surface area contributed by atoms with Crippen molar-refractivity contribution in [3.8, 4) is 0 Å². The van der Waals surface area contributed by atoms with Crippen LogP contribution in [-0.2, 0) is 9.53 Å². The molecule has 0 unspecified atom stereocenters. The van der Waals surface area contributed by atoms with Gasteiger partial charge in [0.2, 0.25) is 0 Å². The molecule has 0 rings (SSSR count). The molecule has 0 N–H and O–H groups in total. The van der Waals surface area contributed by atoms with Gasteiger partial charge in [0.05, 0.1) is 12.5 Å². The molecule has 2 nitrogen and oxygen atoms in total. The molecule has 0 aliphatic rings. The minimum absolute atomic E-state index is 0. The van der Waals surface area contributed by atoms with Crippen molar-refractivity contribution in [2.75, 3.05) is 6.61 Å². The summed E-state index contributed by atoms with van der Waals surface area (Å²) in [6.45, 7) is 7.04. The first-order chi connectivity index (χ1) is 7.76. The van der Waals surface area contributed by atoms with Gasteiger partial charge in [0, 0.05) is 0 Å². The summed E-state index contributed by atoms with van der Waals surface area (Å²) >= 11 is 0. The van der Waals surface area contributed by atoms with Crippen LogP contribution in [0.5, 0.6) is 0 Å². The molecule has 0 radical (unpaired) electrons. The van der Waals surface area contributed by atoms with Gasteiger partial charge in [-0.1, -0.05) is 52.9 Å². The first kappa shape index (κ1) is 19.4. The number of hydrogen-bond acceptors (Lipinski definition) is 2. The second kappa shape index (κ2) is 14.1. The Bertz CT molecular complexity index is 164. The standard InChI is InChI=1S/C14H28O2.GeH4/c1-4-7-10-13(11-8-5-2)14(15)16-12-9-6-3;/h13H,4-12H2,1-3H3;1H4. The fourth-order valence-corrected chi connectivity index (χ4v) is 1.72. The van der Waals surface area contributed by atoms with Crippen molar-refractivity contribution < 1.29 is 9.53 Å². The molecule has 0 saturated carbocycles. The fourth-order valence-electron chi connectivity index (χ4n) is 1.72. The van der Waals surface area contributed by atoms with Gasteiger partial charge in [0.25, 0.3) is 0 Å². The molecule has 0 atom stereocenters. The zero-order valence-corrected chi connectivity index (χ0v) is 11.3. The van der Waals surface area contributed by atoms with Gasteiger partial charge in [0.15, 0.2) is 0 Å². The predicted octanol–water partition coefficient (Wildman–Crippen LogP) is 2.87. The van der Waals surface area contributed by atoms with Gasteiger partial charge in [-0.15, -0.1) is 0 Å². The van der Waals surface area contributed by atoms with Crippen LogP contribution in [0.2, 0.25) is 0 Å².